The molecule has 0 bridgehead atoms. The van der Waals surface area contributed by atoms with Crippen LogP contribution in [0.4, 0.5) is 10.1 Å². The Morgan fingerprint density at radius 3 is 2.33 bits per heavy atom. The number of halogens is 1. The maximum absolute atomic E-state index is 12.9. The number of hydrogen-bond acceptors (Lipinski definition) is 4. The number of carboxylic acid groups (broad SMARTS) is 1. The molecule has 0 saturated carbocycles. The molecule has 1 aromatic carbocycles. The van der Waals surface area contributed by atoms with Crippen molar-refractivity contribution in [1.82, 2.24) is 10.2 Å². The summed E-state index contributed by atoms with van der Waals surface area (Å²) in [6.45, 7) is 5.37. The summed E-state index contributed by atoms with van der Waals surface area (Å²) < 4.78 is 12.9. The molecule has 2 N–H and O–H groups in total. The van der Waals surface area contributed by atoms with Crippen LogP contribution in [-0.4, -0.2) is 61.3 Å². The Balaban J connectivity index is 1.91. The molecule has 1 fully saturated rings. The first kappa shape index (κ1) is 15.7. The average Bonchev–Trinajstić information content (AvgIpc) is 2.48. The van der Waals surface area contributed by atoms with E-state index in [0.29, 0.717) is 6.54 Å². The van der Waals surface area contributed by atoms with Gasteiger partial charge in [0, 0.05) is 38.4 Å². The van der Waals surface area contributed by atoms with Crippen LogP contribution in [0.2, 0.25) is 0 Å². The summed E-state index contributed by atoms with van der Waals surface area (Å²) in [5.41, 5.74) is 0.0727. The third kappa shape index (κ3) is 3.71. The summed E-state index contributed by atoms with van der Waals surface area (Å²) in [5.74, 6) is -1.07. The van der Waals surface area contributed by atoms with Crippen LogP contribution in [0.25, 0.3) is 0 Å². The van der Waals surface area contributed by atoms with E-state index in [-0.39, 0.29) is 5.82 Å². The van der Waals surface area contributed by atoms with Crippen molar-refractivity contribution in [3.05, 3.63) is 30.1 Å². The van der Waals surface area contributed by atoms with Crippen LogP contribution in [0.1, 0.15) is 6.92 Å². The highest BCUT2D eigenvalue weighted by Crippen LogP contribution is 2.18. The van der Waals surface area contributed by atoms with Gasteiger partial charge >= 0.3 is 5.97 Å². The zero-order chi connectivity index (χ0) is 15.5. The molecule has 0 aromatic heterocycles. The minimum Gasteiger partial charge on any atom is -0.480 e. The molecule has 6 heteroatoms. The van der Waals surface area contributed by atoms with Gasteiger partial charge in [0.25, 0.3) is 0 Å². The Hall–Kier alpha value is -1.66. The smallest absolute Gasteiger partial charge is 0.324 e. The van der Waals surface area contributed by atoms with Crippen molar-refractivity contribution in [3.63, 3.8) is 0 Å². The number of aliphatic carboxylic acids is 1. The van der Waals surface area contributed by atoms with E-state index in [1.165, 1.54) is 12.1 Å². The molecule has 1 aliphatic heterocycles. The first-order valence-electron chi connectivity index (χ1n) is 7.10. The zero-order valence-electron chi connectivity index (χ0n) is 12.5. The van der Waals surface area contributed by atoms with Gasteiger partial charge in [-0.3, -0.25) is 9.69 Å². The molecular formula is C15H22FN3O2. The summed E-state index contributed by atoms with van der Waals surface area (Å²) in [6.07, 6.45) is 0. The monoisotopic (exact) mass is 295 g/mol. The molecule has 1 aromatic rings. The lowest BCUT2D eigenvalue weighted by Gasteiger charge is -2.39. The summed E-state index contributed by atoms with van der Waals surface area (Å²) in [6, 6.07) is 6.48. The Morgan fingerprint density at radius 1 is 1.29 bits per heavy atom. The third-order valence-corrected chi connectivity index (χ3v) is 4.13. The van der Waals surface area contributed by atoms with Gasteiger partial charge in [-0.2, -0.15) is 0 Å². The van der Waals surface area contributed by atoms with E-state index in [0.717, 1.165) is 31.9 Å². The van der Waals surface area contributed by atoms with Crippen LogP contribution < -0.4 is 10.2 Å². The fraction of sp³-hybridized carbons (Fsp3) is 0.533. The number of hydrogen-bond donors (Lipinski definition) is 2. The van der Waals surface area contributed by atoms with E-state index in [1.54, 1.807) is 26.1 Å². The maximum Gasteiger partial charge on any atom is 0.324 e. The SMILES string of the molecule is CNC(C)(CN1CCN(c2ccc(F)cc2)CC1)C(=O)O. The van der Waals surface area contributed by atoms with Gasteiger partial charge in [0.05, 0.1) is 0 Å². The largest absolute Gasteiger partial charge is 0.480 e. The van der Waals surface area contributed by atoms with E-state index in [4.69, 9.17) is 0 Å². The summed E-state index contributed by atoms with van der Waals surface area (Å²) in [7, 11) is 1.67. The third-order valence-electron chi connectivity index (χ3n) is 4.13. The predicted octanol–water partition coefficient (Wildman–Crippen LogP) is 1.01. The van der Waals surface area contributed by atoms with E-state index in [9.17, 15) is 14.3 Å². The molecule has 21 heavy (non-hydrogen) atoms. The molecule has 0 amide bonds. The quantitative estimate of drug-likeness (QED) is 0.849. The topological polar surface area (TPSA) is 55.8 Å². The van der Waals surface area contributed by atoms with Crippen molar-refractivity contribution in [2.24, 2.45) is 0 Å². The Kier molecular flexibility index (Phi) is 4.80. The summed E-state index contributed by atoms with van der Waals surface area (Å²) >= 11 is 0. The Bertz CT molecular complexity index is 486. The molecular weight excluding hydrogens is 273 g/mol. The summed E-state index contributed by atoms with van der Waals surface area (Å²) in [5, 5.41) is 12.2. The molecule has 1 atom stereocenters. The highest BCUT2D eigenvalue weighted by Gasteiger charge is 2.34. The van der Waals surface area contributed by atoms with Crippen LogP contribution >= 0.6 is 0 Å². The van der Waals surface area contributed by atoms with E-state index >= 15 is 0 Å². The maximum atomic E-state index is 12.9. The van der Waals surface area contributed by atoms with Crippen LogP contribution in [0.3, 0.4) is 0 Å². The number of carboxylic acids is 1. The molecule has 0 spiro atoms. The van der Waals surface area contributed by atoms with E-state index in [1.807, 2.05) is 0 Å². The van der Waals surface area contributed by atoms with Gasteiger partial charge in [0.15, 0.2) is 0 Å². The number of rotatable bonds is 5. The van der Waals surface area contributed by atoms with Crippen molar-refractivity contribution in [2.45, 2.75) is 12.5 Å². The van der Waals surface area contributed by atoms with Gasteiger partial charge in [-0.05, 0) is 38.2 Å². The molecule has 0 aliphatic carbocycles. The number of nitrogens with one attached hydrogen (secondary N) is 1. The van der Waals surface area contributed by atoms with Gasteiger partial charge < -0.3 is 15.3 Å². The highest BCUT2D eigenvalue weighted by atomic mass is 19.1. The molecule has 0 radical (unpaired) electrons. The fourth-order valence-electron chi connectivity index (χ4n) is 2.52. The van der Waals surface area contributed by atoms with Gasteiger partial charge in [0.1, 0.15) is 11.4 Å². The first-order chi connectivity index (χ1) is 9.94. The Labute approximate surface area is 124 Å². The molecule has 1 saturated heterocycles. The molecule has 1 heterocycles. The lowest BCUT2D eigenvalue weighted by molar-refractivity contribution is -0.144. The van der Waals surface area contributed by atoms with Crippen LogP contribution in [0.5, 0.6) is 0 Å². The second-order valence-corrected chi connectivity index (χ2v) is 5.63. The second kappa shape index (κ2) is 6.41. The Morgan fingerprint density at radius 2 is 1.86 bits per heavy atom. The van der Waals surface area contributed by atoms with Crippen molar-refractivity contribution in [1.29, 1.82) is 0 Å². The summed E-state index contributed by atoms with van der Waals surface area (Å²) in [4.78, 5) is 15.6. The molecule has 2 rings (SSSR count). The van der Waals surface area contributed by atoms with Crippen molar-refractivity contribution in [2.75, 3.05) is 44.7 Å². The number of likely N-dealkylation sites (N-methyl/N-ethyl adjacent to an activating group) is 1. The second-order valence-electron chi connectivity index (χ2n) is 5.63. The lowest BCUT2D eigenvalue weighted by atomic mass is 10.0. The highest BCUT2D eigenvalue weighted by molar-refractivity contribution is 5.78. The van der Waals surface area contributed by atoms with Crippen molar-refractivity contribution < 1.29 is 14.3 Å². The molecule has 5 nitrogen and oxygen atoms in total. The van der Waals surface area contributed by atoms with Gasteiger partial charge in [-0.1, -0.05) is 0 Å². The van der Waals surface area contributed by atoms with E-state index < -0.39 is 11.5 Å². The lowest BCUT2D eigenvalue weighted by Crippen LogP contribution is -2.58. The minimum absolute atomic E-state index is 0.233. The minimum atomic E-state index is -0.932. The number of piperazine rings is 1. The fourth-order valence-corrected chi connectivity index (χ4v) is 2.52. The molecule has 1 unspecified atom stereocenters. The van der Waals surface area contributed by atoms with Crippen molar-refractivity contribution >= 4 is 11.7 Å². The standard InChI is InChI=1S/C15H22FN3O2/c1-15(17-2,14(20)21)11-18-7-9-19(10-8-18)13-5-3-12(16)4-6-13/h3-6,17H,7-11H2,1-2H3,(H,20,21). The number of carbonyl (C=O) groups is 1. The first-order valence-corrected chi connectivity index (χ1v) is 7.10. The normalized spacial score (nSPS) is 19.3. The van der Waals surface area contributed by atoms with Crippen molar-refractivity contribution in [3.8, 4) is 0 Å². The average molecular weight is 295 g/mol. The van der Waals surface area contributed by atoms with Gasteiger partial charge in [-0.15, -0.1) is 0 Å². The van der Waals surface area contributed by atoms with Crippen LogP contribution in [0, 0.1) is 5.82 Å². The number of anilines is 1. The van der Waals surface area contributed by atoms with Gasteiger partial charge in [0.2, 0.25) is 0 Å². The van der Waals surface area contributed by atoms with Gasteiger partial charge in [-0.25, -0.2) is 4.39 Å². The predicted molar refractivity (Wildman–Crippen MR) is 80.2 cm³/mol. The molecule has 1 aliphatic rings. The number of benzene rings is 1. The van der Waals surface area contributed by atoms with Crippen LogP contribution in [0.15, 0.2) is 24.3 Å². The molecule has 116 valence electrons. The van der Waals surface area contributed by atoms with Crippen LogP contribution in [-0.2, 0) is 4.79 Å². The van der Waals surface area contributed by atoms with E-state index in [2.05, 4.69) is 15.1 Å². The number of nitrogens with zero attached hydrogens (tertiary/aromatic N) is 2. The zero-order valence-corrected chi connectivity index (χ0v) is 12.5.